The van der Waals surface area contributed by atoms with Crippen LogP contribution in [0.2, 0.25) is 0 Å². The van der Waals surface area contributed by atoms with Crippen molar-refractivity contribution in [2.24, 2.45) is 47.3 Å². The van der Waals surface area contributed by atoms with Crippen molar-refractivity contribution in [1.29, 1.82) is 0 Å². The summed E-state index contributed by atoms with van der Waals surface area (Å²) in [7, 11) is 0. The van der Waals surface area contributed by atoms with Crippen molar-refractivity contribution in [3.8, 4) is 0 Å². The summed E-state index contributed by atoms with van der Waals surface area (Å²) < 4.78 is 21.2. The van der Waals surface area contributed by atoms with Crippen LogP contribution >= 0.6 is 0 Å². The van der Waals surface area contributed by atoms with Gasteiger partial charge in [-0.3, -0.25) is 19.2 Å². The number of esters is 4. The summed E-state index contributed by atoms with van der Waals surface area (Å²) in [6.45, 7) is 13.4. The molecule has 0 amide bonds. The van der Waals surface area contributed by atoms with Crippen molar-refractivity contribution in [2.75, 3.05) is 52.6 Å². The quantitative estimate of drug-likeness (QED) is 0.129. The predicted molar refractivity (Wildman–Crippen MR) is 174 cm³/mol. The number of fused-ring (bicyclic) bond motifs is 4. The van der Waals surface area contributed by atoms with Crippen LogP contribution in [-0.4, -0.2) is 101 Å². The highest BCUT2D eigenvalue weighted by Crippen LogP contribution is 2.43. The number of ether oxygens (including phenoxy) is 4. The van der Waals surface area contributed by atoms with Crippen LogP contribution in [0.25, 0.3) is 0 Å². The molecule has 12 atom stereocenters. The third-order valence-electron chi connectivity index (χ3n) is 11.5. The Morgan fingerprint density at radius 1 is 0.426 bits per heavy atom. The van der Waals surface area contributed by atoms with E-state index >= 15 is 0 Å². The molecule has 8 bridgehead atoms. The number of carbonyl (C=O) groups excluding carboxylic acids is 4. The highest BCUT2D eigenvalue weighted by Gasteiger charge is 2.54. The molecule has 8 aliphatic heterocycles. The molecule has 8 saturated heterocycles. The second-order valence-electron chi connectivity index (χ2n) is 13.9. The van der Waals surface area contributed by atoms with Gasteiger partial charge >= 0.3 is 23.9 Å². The van der Waals surface area contributed by atoms with Crippen LogP contribution in [0.15, 0.2) is 0 Å². The second kappa shape index (κ2) is 16.9. The third-order valence-corrected chi connectivity index (χ3v) is 11.5. The molecule has 12 fully saturated rings. The lowest BCUT2D eigenvalue weighted by Gasteiger charge is -2.32. The Bertz CT molecular complexity index is 954. The number of hydrogen-bond acceptors (Lipinski definition) is 12. The van der Waals surface area contributed by atoms with E-state index in [9.17, 15) is 19.2 Å². The maximum Gasteiger partial charge on any atom is 0.310 e. The van der Waals surface area contributed by atoms with Gasteiger partial charge in [-0.15, -0.1) is 0 Å². The fourth-order valence-corrected chi connectivity index (χ4v) is 8.67. The molecule has 0 spiro atoms. The smallest absolute Gasteiger partial charge is 0.310 e. The van der Waals surface area contributed by atoms with Gasteiger partial charge in [0.05, 0.1) is 50.1 Å². The lowest BCUT2D eigenvalue weighted by atomic mass is 9.74. The van der Waals surface area contributed by atoms with E-state index in [4.69, 9.17) is 18.9 Å². The zero-order valence-electron chi connectivity index (χ0n) is 28.8. The molecule has 12 aliphatic rings. The normalized spacial score (nSPS) is 38.1. The summed E-state index contributed by atoms with van der Waals surface area (Å²) in [5.74, 6) is 1.93. The van der Waals surface area contributed by atoms with Gasteiger partial charge in [0.25, 0.3) is 0 Å². The summed E-state index contributed by atoms with van der Waals surface area (Å²) in [6.07, 6.45) is 6.54. The van der Waals surface area contributed by atoms with Crippen LogP contribution < -0.4 is 21.3 Å². The van der Waals surface area contributed by atoms with E-state index in [1.165, 1.54) is 0 Å². The van der Waals surface area contributed by atoms with Gasteiger partial charge in [0.1, 0.15) is 0 Å². The number of nitrogens with one attached hydrogen (secondary N) is 4. The maximum atomic E-state index is 11.9. The van der Waals surface area contributed by atoms with Gasteiger partial charge in [0, 0.05) is 30.6 Å². The van der Waals surface area contributed by atoms with E-state index in [1.54, 1.807) is 0 Å². The minimum Gasteiger partial charge on any atom is -0.465 e. The van der Waals surface area contributed by atoms with E-state index < -0.39 is 0 Å². The molecule has 0 aromatic carbocycles. The first-order chi connectivity index (χ1) is 23.0. The Morgan fingerprint density at radius 3 is 0.851 bits per heavy atom. The first kappa shape index (κ1) is 36.0. The number of carbonyl (C=O) groups is 4. The van der Waals surface area contributed by atoms with E-state index in [1.807, 2.05) is 27.7 Å². The molecular formula is C35H58N4O8. The lowest BCUT2D eigenvalue weighted by Crippen LogP contribution is -2.43. The topological polar surface area (TPSA) is 153 Å². The minimum absolute atomic E-state index is 0.0552. The van der Waals surface area contributed by atoms with Crippen molar-refractivity contribution < 1.29 is 38.1 Å². The van der Waals surface area contributed by atoms with Crippen LogP contribution in [0.4, 0.5) is 0 Å². The van der Waals surface area contributed by atoms with E-state index in [0.29, 0.717) is 80.7 Å². The summed E-state index contributed by atoms with van der Waals surface area (Å²) in [5, 5.41) is 13.2. The fourth-order valence-electron chi connectivity index (χ4n) is 8.67. The van der Waals surface area contributed by atoms with Crippen LogP contribution in [-0.2, 0) is 38.1 Å². The Hall–Kier alpha value is -2.28. The molecule has 12 nitrogen and oxygen atoms in total. The summed E-state index contributed by atoms with van der Waals surface area (Å²) in [4.78, 5) is 47.5. The molecule has 266 valence electrons. The van der Waals surface area contributed by atoms with Crippen molar-refractivity contribution in [3.05, 3.63) is 0 Å². The van der Waals surface area contributed by atoms with Gasteiger partial charge < -0.3 is 40.2 Å². The van der Waals surface area contributed by atoms with E-state index in [2.05, 4.69) is 21.3 Å². The maximum absolute atomic E-state index is 11.9. The molecular weight excluding hydrogens is 604 g/mol. The van der Waals surface area contributed by atoms with Crippen LogP contribution in [0.1, 0.15) is 72.6 Å². The zero-order valence-corrected chi connectivity index (χ0v) is 28.8. The Morgan fingerprint density at radius 2 is 0.660 bits per heavy atom. The van der Waals surface area contributed by atoms with Crippen molar-refractivity contribution in [3.63, 3.8) is 0 Å². The SMILES string of the molecule is CC.CC.O=C(OCCCCOC(=O)C1C2CNC1C2)C1C2CNC1C2.O=C(OCCCOC(=O)C1C2CNC1C2)C1C2CNC1C2. The van der Waals surface area contributed by atoms with Crippen LogP contribution in [0, 0.1) is 47.3 Å². The Labute approximate surface area is 279 Å². The molecule has 47 heavy (non-hydrogen) atoms. The van der Waals surface area contributed by atoms with Crippen molar-refractivity contribution >= 4 is 23.9 Å². The molecule has 12 rings (SSSR count). The van der Waals surface area contributed by atoms with E-state index in [-0.39, 0.29) is 47.5 Å². The third kappa shape index (κ3) is 7.81. The van der Waals surface area contributed by atoms with Gasteiger partial charge in [-0.25, -0.2) is 0 Å². The largest absolute Gasteiger partial charge is 0.465 e. The molecule has 0 aromatic heterocycles. The highest BCUT2D eigenvalue weighted by atomic mass is 16.6. The average molecular weight is 663 g/mol. The van der Waals surface area contributed by atoms with Gasteiger partial charge in [-0.1, -0.05) is 27.7 Å². The van der Waals surface area contributed by atoms with Gasteiger partial charge in [-0.05, 0) is 88.4 Å². The summed E-state index contributed by atoms with van der Waals surface area (Å²) in [5.41, 5.74) is 0. The van der Waals surface area contributed by atoms with Crippen molar-refractivity contribution in [2.45, 2.75) is 96.8 Å². The van der Waals surface area contributed by atoms with E-state index in [0.717, 1.165) is 64.7 Å². The molecule has 4 N–H and O–H groups in total. The molecule has 12 unspecified atom stereocenters. The standard InChI is InChI=1S/C16H24N2O4.C15H22N2O4.2C2H6/c19-15(13-9-5-11(13)17-7-9)21-3-1-2-4-22-16(20)14-10-6-12(14)18-8-10;18-14(12-8-4-10(12)16-6-8)20-2-1-3-21-15(19)13-9-5-11(13)17-7-9;2*1-2/h9-14,17-18H,1-8H2;8-13,16-17H,1-7H2;2*1-2H3. The first-order valence-electron chi connectivity index (χ1n) is 18.6. The number of unbranched alkanes of at least 4 members (excludes halogenated alkanes) is 1. The van der Waals surface area contributed by atoms with Crippen molar-refractivity contribution in [1.82, 2.24) is 21.3 Å². The fraction of sp³-hybridized carbons (Fsp3) is 0.886. The summed E-state index contributed by atoms with van der Waals surface area (Å²) in [6, 6.07) is 1.37. The zero-order chi connectivity index (χ0) is 33.5. The second-order valence-corrected chi connectivity index (χ2v) is 13.9. The van der Waals surface area contributed by atoms with Gasteiger partial charge in [0.15, 0.2) is 0 Å². The first-order valence-corrected chi connectivity index (χ1v) is 18.6. The highest BCUT2D eigenvalue weighted by molar-refractivity contribution is 5.77. The number of hydrogen-bond donors (Lipinski definition) is 4. The van der Waals surface area contributed by atoms with Crippen LogP contribution in [0.3, 0.4) is 0 Å². The molecule has 4 aliphatic carbocycles. The molecule has 12 heteroatoms. The molecule has 0 radical (unpaired) electrons. The lowest BCUT2D eigenvalue weighted by molar-refractivity contribution is -0.157. The van der Waals surface area contributed by atoms with Crippen LogP contribution in [0.5, 0.6) is 0 Å². The molecule has 8 heterocycles. The average Bonchev–Trinajstić information content (AvgIpc) is 3.89. The Balaban J connectivity index is 0.000000167. The molecule has 0 aromatic rings. The predicted octanol–water partition coefficient (Wildman–Crippen LogP) is 1.80. The molecule has 4 saturated carbocycles. The monoisotopic (exact) mass is 662 g/mol. The summed E-state index contributed by atoms with van der Waals surface area (Å²) >= 11 is 0. The minimum atomic E-state index is -0.0891. The number of rotatable bonds is 13. The van der Waals surface area contributed by atoms with Gasteiger partial charge in [0.2, 0.25) is 0 Å². The van der Waals surface area contributed by atoms with Gasteiger partial charge in [-0.2, -0.15) is 0 Å². The Kier molecular flexibility index (Phi) is 12.9.